The SMILES string of the molecule is O=C1CC(C(=O)NC2CCCCC2NC(=O)C2CSC(=O)C2)CS1. The molecule has 2 aliphatic heterocycles. The zero-order chi connectivity index (χ0) is 17.1. The molecular formula is C16H22N2O4S2. The van der Waals surface area contributed by atoms with Crippen molar-refractivity contribution in [1.82, 2.24) is 10.6 Å². The van der Waals surface area contributed by atoms with E-state index >= 15 is 0 Å². The molecule has 1 aliphatic carbocycles. The molecule has 2 N–H and O–H groups in total. The number of carbonyl (C=O) groups is 4. The topological polar surface area (TPSA) is 92.3 Å². The number of carbonyl (C=O) groups excluding carboxylic acids is 4. The minimum atomic E-state index is -0.246. The van der Waals surface area contributed by atoms with Gasteiger partial charge in [0.05, 0.1) is 11.8 Å². The van der Waals surface area contributed by atoms with Crippen LogP contribution in [-0.2, 0) is 19.2 Å². The average Bonchev–Trinajstić information content (AvgIpc) is 3.18. The Hall–Kier alpha value is -1.02. The van der Waals surface area contributed by atoms with E-state index in [2.05, 4.69) is 10.6 Å². The Morgan fingerprint density at radius 2 is 1.21 bits per heavy atom. The molecule has 0 aromatic carbocycles. The second-order valence-electron chi connectivity index (χ2n) is 6.68. The van der Waals surface area contributed by atoms with E-state index in [-0.39, 0.29) is 46.0 Å². The fourth-order valence-electron chi connectivity index (χ4n) is 3.44. The van der Waals surface area contributed by atoms with Crippen molar-refractivity contribution >= 4 is 45.6 Å². The number of nitrogens with one attached hydrogen (secondary N) is 2. The fraction of sp³-hybridized carbons (Fsp3) is 0.750. The maximum absolute atomic E-state index is 12.4. The van der Waals surface area contributed by atoms with E-state index in [1.807, 2.05) is 0 Å². The first kappa shape index (κ1) is 17.8. The standard InChI is InChI=1S/C16H22N2O4S2/c19-13-5-9(7-23-13)15(21)17-11-3-1-2-4-12(11)18-16(22)10-6-14(20)24-8-10/h9-12H,1-8H2,(H,17,21)(H,18,22). The van der Waals surface area contributed by atoms with E-state index in [1.165, 1.54) is 23.5 Å². The van der Waals surface area contributed by atoms with Gasteiger partial charge in [0.1, 0.15) is 0 Å². The third kappa shape index (κ3) is 4.33. The molecule has 0 aromatic heterocycles. The van der Waals surface area contributed by atoms with Gasteiger partial charge in [-0.25, -0.2) is 0 Å². The van der Waals surface area contributed by atoms with Gasteiger partial charge >= 0.3 is 0 Å². The first-order chi connectivity index (χ1) is 11.5. The van der Waals surface area contributed by atoms with Gasteiger partial charge in [-0.2, -0.15) is 0 Å². The molecule has 0 radical (unpaired) electrons. The van der Waals surface area contributed by atoms with Crippen LogP contribution in [0.15, 0.2) is 0 Å². The highest BCUT2D eigenvalue weighted by atomic mass is 32.2. The highest BCUT2D eigenvalue weighted by Gasteiger charge is 2.35. The van der Waals surface area contributed by atoms with Gasteiger partial charge in [-0.05, 0) is 12.8 Å². The van der Waals surface area contributed by atoms with Crippen LogP contribution in [0.25, 0.3) is 0 Å². The van der Waals surface area contributed by atoms with Crippen molar-refractivity contribution < 1.29 is 19.2 Å². The lowest BCUT2D eigenvalue weighted by atomic mass is 9.89. The maximum Gasteiger partial charge on any atom is 0.224 e. The minimum Gasteiger partial charge on any atom is -0.351 e. The maximum atomic E-state index is 12.4. The second kappa shape index (κ2) is 7.91. The summed E-state index contributed by atoms with van der Waals surface area (Å²) in [7, 11) is 0. The zero-order valence-corrected chi connectivity index (χ0v) is 15.0. The molecule has 2 amide bonds. The van der Waals surface area contributed by atoms with Crippen LogP contribution in [0.5, 0.6) is 0 Å². The van der Waals surface area contributed by atoms with E-state index in [1.54, 1.807) is 0 Å². The Kier molecular flexibility index (Phi) is 5.86. The molecule has 0 spiro atoms. The summed E-state index contributed by atoms with van der Waals surface area (Å²) < 4.78 is 0. The van der Waals surface area contributed by atoms with Crippen LogP contribution in [0.1, 0.15) is 38.5 Å². The summed E-state index contributed by atoms with van der Waals surface area (Å²) in [6.45, 7) is 0. The van der Waals surface area contributed by atoms with Gasteiger partial charge < -0.3 is 10.6 Å². The molecule has 3 rings (SSSR count). The third-order valence-electron chi connectivity index (χ3n) is 4.88. The fourth-order valence-corrected chi connectivity index (χ4v) is 5.39. The summed E-state index contributed by atoms with van der Waals surface area (Å²) in [5, 5.41) is 6.24. The molecule has 4 atom stereocenters. The highest BCUT2D eigenvalue weighted by Crippen LogP contribution is 2.28. The summed E-state index contributed by atoms with van der Waals surface area (Å²) in [5.74, 6) is 0.456. The molecule has 2 saturated heterocycles. The molecule has 6 nitrogen and oxygen atoms in total. The van der Waals surface area contributed by atoms with Gasteiger partial charge in [0.2, 0.25) is 11.8 Å². The number of rotatable bonds is 4. The van der Waals surface area contributed by atoms with E-state index in [0.717, 1.165) is 25.7 Å². The van der Waals surface area contributed by atoms with Crippen LogP contribution in [-0.4, -0.2) is 45.6 Å². The molecular weight excluding hydrogens is 348 g/mol. The summed E-state index contributed by atoms with van der Waals surface area (Å²) in [5.41, 5.74) is 0. The largest absolute Gasteiger partial charge is 0.351 e. The van der Waals surface area contributed by atoms with Crippen LogP contribution < -0.4 is 10.6 Å². The molecule has 0 aromatic rings. The van der Waals surface area contributed by atoms with E-state index in [9.17, 15) is 19.2 Å². The predicted molar refractivity (Wildman–Crippen MR) is 93.5 cm³/mol. The molecule has 2 heterocycles. The van der Waals surface area contributed by atoms with Gasteiger partial charge in [0, 0.05) is 36.4 Å². The minimum absolute atomic E-state index is 0.0760. The molecule has 132 valence electrons. The smallest absolute Gasteiger partial charge is 0.224 e. The molecule has 1 saturated carbocycles. The van der Waals surface area contributed by atoms with Crippen molar-refractivity contribution in [3.8, 4) is 0 Å². The summed E-state index contributed by atoms with van der Waals surface area (Å²) in [6, 6.07) is -0.165. The molecule has 0 bridgehead atoms. The quantitative estimate of drug-likeness (QED) is 0.770. The first-order valence-corrected chi connectivity index (χ1v) is 10.4. The van der Waals surface area contributed by atoms with Crippen LogP contribution in [0, 0.1) is 11.8 Å². The lowest BCUT2D eigenvalue weighted by Crippen LogP contribution is -2.55. The van der Waals surface area contributed by atoms with Crippen LogP contribution in [0.4, 0.5) is 0 Å². The molecule has 8 heteroatoms. The Balaban J connectivity index is 1.55. The molecule has 3 fully saturated rings. The van der Waals surface area contributed by atoms with E-state index < -0.39 is 0 Å². The Labute approximate surface area is 149 Å². The monoisotopic (exact) mass is 370 g/mol. The van der Waals surface area contributed by atoms with Gasteiger partial charge in [0.15, 0.2) is 10.2 Å². The average molecular weight is 370 g/mol. The van der Waals surface area contributed by atoms with Crippen molar-refractivity contribution in [2.24, 2.45) is 11.8 Å². The zero-order valence-electron chi connectivity index (χ0n) is 13.4. The van der Waals surface area contributed by atoms with E-state index in [0.29, 0.717) is 24.3 Å². The third-order valence-corrected chi connectivity index (χ3v) is 7.00. The van der Waals surface area contributed by atoms with Crippen LogP contribution in [0.2, 0.25) is 0 Å². The van der Waals surface area contributed by atoms with Crippen LogP contribution in [0.3, 0.4) is 0 Å². The second-order valence-corrected chi connectivity index (χ2v) is 8.84. The van der Waals surface area contributed by atoms with Crippen molar-refractivity contribution in [3.05, 3.63) is 0 Å². The first-order valence-electron chi connectivity index (χ1n) is 8.45. The Morgan fingerprint density at radius 3 is 1.54 bits per heavy atom. The number of amides is 2. The molecule has 24 heavy (non-hydrogen) atoms. The Bertz CT molecular complexity index is 506. The van der Waals surface area contributed by atoms with Gasteiger partial charge in [-0.1, -0.05) is 36.4 Å². The molecule has 4 unspecified atom stereocenters. The van der Waals surface area contributed by atoms with Crippen LogP contribution >= 0.6 is 23.5 Å². The van der Waals surface area contributed by atoms with Gasteiger partial charge in [-0.15, -0.1) is 0 Å². The summed E-state index contributed by atoms with van der Waals surface area (Å²) in [6.07, 6.45) is 4.33. The predicted octanol–water partition coefficient (Wildman–Crippen LogP) is 1.09. The van der Waals surface area contributed by atoms with E-state index in [4.69, 9.17) is 0 Å². The van der Waals surface area contributed by atoms with Crippen molar-refractivity contribution in [2.75, 3.05) is 11.5 Å². The highest BCUT2D eigenvalue weighted by molar-refractivity contribution is 8.14. The summed E-state index contributed by atoms with van der Waals surface area (Å²) in [4.78, 5) is 47.4. The Morgan fingerprint density at radius 1 is 0.792 bits per heavy atom. The lowest BCUT2D eigenvalue weighted by molar-refractivity contribution is -0.129. The molecule has 3 aliphatic rings. The van der Waals surface area contributed by atoms with Crippen molar-refractivity contribution in [1.29, 1.82) is 0 Å². The van der Waals surface area contributed by atoms with Gasteiger partial charge in [0.25, 0.3) is 0 Å². The normalized spacial score (nSPS) is 33.5. The lowest BCUT2D eigenvalue weighted by Gasteiger charge is -2.34. The number of hydrogen-bond donors (Lipinski definition) is 2. The summed E-state index contributed by atoms with van der Waals surface area (Å²) >= 11 is 2.44. The van der Waals surface area contributed by atoms with Crippen molar-refractivity contribution in [2.45, 2.75) is 50.6 Å². The number of hydrogen-bond acceptors (Lipinski definition) is 6. The van der Waals surface area contributed by atoms with Crippen molar-refractivity contribution in [3.63, 3.8) is 0 Å². The number of thioether (sulfide) groups is 2. The van der Waals surface area contributed by atoms with Gasteiger partial charge in [-0.3, -0.25) is 19.2 Å².